The topological polar surface area (TPSA) is 30.5 Å². The van der Waals surface area contributed by atoms with Gasteiger partial charge >= 0.3 is 0 Å². The highest BCUT2D eigenvalue weighted by Gasteiger charge is 2.24. The van der Waals surface area contributed by atoms with Crippen LogP contribution in [0.3, 0.4) is 0 Å². The van der Waals surface area contributed by atoms with Crippen molar-refractivity contribution in [2.45, 2.75) is 13.0 Å². The molecular weight excluding hydrogens is 269 g/mol. The number of nitrogens with one attached hydrogen (secondary N) is 1. The summed E-state index contributed by atoms with van der Waals surface area (Å²) in [5, 5.41) is 3.31. The molecule has 0 bridgehead atoms. The van der Waals surface area contributed by atoms with Crippen LogP contribution in [-0.4, -0.2) is 20.8 Å². The van der Waals surface area contributed by atoms with Crippen LogP contribution in [0.2, 0.25) is 0 Å². The van der Waals surface area contributed by atoms with Crippen molar-refractivity contribution in [1.29, 1.82) is 0 Å². The smallest absolute Gasteiger partial charge is 0.128 e. The largest absolute Gasteiger partial charge is 0.496 e. The normalized spacial score (nSPS) is 12.0. The SMILES string of the molecule is CCNC(c1ccccc1F)c1c(OC)cccc1OC. The molecule has 4 heteroatoms. The van der Waals surface area contributed by atoms with Crippen LogP contribution in [0.4, 0.5) is 4.39 Å². The van der Waals surface area contributed by atoms with Gasteiger partial charge in [-0.3, -0.25) is 0 Å². The van der Waals surface area contributed by atoms with E-state index < -0.39 is 0 Å². The molecule has 0 fully saturated rings. The summed E-state index contributed by atoms with van der Waals surface area (Å²) < 4.78 is 25.1. The summed E-state index contributed by atoms with van der Waals surface area (Å²) >= 11 is 0. The van der Waals surface area contributed by atoms with E-state index in [-0.39, 0.29) is 11.9 Å². The molecule has 1 N–H and O–H groups in total. The van der Waals surface area contributed by atoms with Gasteiger partial charge in [0.15, 0.2) is 0 Å². The Morgan fingerprint density at radius 2 is 1.62 bits per heavy atom. The van der Waals surface area contributed by atoms with Crippen molar-refractivity contribution < 1.29 is 13.9 Å². The predicted molar refractivity (Wildman–Crippen MR) is 81.5 cm³/mol. The first-order valence-corrected chi connectivity index (χ1v) is 6.91. The minimum atomic E-state index is -0.331. The molecule has 0 radical (unpaired) electrons. The molecule has 0 saturated heterocycles. The summed E-state index contributed by atoms with van der Waals surface area (Å²) in [5.74, 6) is 1.09. The minimum Gasteiger partial charge on any atom is -0.496 e. The zero-order valence-electron chi connectivity index (χ0n) is 12.5. The van der Waals surface area contributed by atoms with E-state index in [9.17, 15) is 4.39 Å². The van der Waals surface area contributed by atoms with Gasteiger partial charge in [-0.25, -0.2) is 4.39 Å². The number of hydrogen-bond donors (Lipinski definition) is 1. The van der Waals surface area contributed by atoms with E-state index in [0.717, 1.165) is 5.56 Å². The second kappa shape index (κ2) is 7.09. The number of methoxy groups -OCH3 is 2. The first kappa shape index (κ1) is 15.3. The predicted octanol–water partition coefficient (Wildman–Crippen LogP) is 3.54. The molecule has 2 aromatic carbocycles. The zero-order valence-corrected chi connectivity index (χ0v) is 12.5. The second-order valence-corrected chi connectivity index (χ2v) is 4.59. The van der Waals surface area contributed by atoms with Crippen molar-refractivity contribution in [3.8, 4) is 11.5 Å². The number of rotatable bonds is 6. The first-order valence-electron chi connectivity index (χ1n) is 6.91. The van der Waals surface area contributed by atoms with E-state index in [0.29, 0.717) is 23.6 Å². The fourth-order valence-corrected chi connectivity index (χ4v) is 2.45. The van der Waals surface area contributed by atoms with Gasteiger partial charge in [-0.1, -0.05) is 31.2 Å². The molecule has 0 saturated carbocycles. The molecule has 3 nitrogen and oxygen atoms in total. The molecule has 1 atom stereocenters. The molecule has 1 unspecified atom stereocenters. The molecule has 0 aliphatic carbocycles. The van der Waals surface area contributed by atoms with Gasteiger partial charge in [-0.2, -0.15) is 0 Å². The number of halogens is 1. The van der Waals surface area contributed by atoms with Crippen molar-refractivity contribution >= 4 is 0 Å². The lowest BCUT2D eigenvalue weighted by Gasteiger charge is -2.23. The summed E-state index contributed by atoms with van der Waals surface area (Å²) in [6.07, 6.45) is 0. The summed E-state index contributed by atoms with van der Waals surface area (Å²) in [6, 6.07) is 12.0. The zero-order chi connectivity index (χ0) is 15.2. The van der Waals surface area contributed by atoms with E-state index in [1.54, 1.807) is 26.4 Å². The van der Waals surface area contributed by atoms with Gasteiger partial charge in [-0.15, -0.1) is 0 Å². The Labute approximate surface area is 124 Å². The highest BCUT2D eigenvalue weighted by atomic mass is 19.1. The lowest BCUT2D eigenvalue weighted by Crippen LogP contribution is -2.24. The number of hydrogen-bond acceptors (Lipinski definition) is 3. The Balaban J connectivity index is 2.61. The summed E-state index contributed by atoms with van der Waals surface area (Å²) in [7, 11) is 3.20. The van der Waals surface area contributed by atoms with Gasteiger partial charge in [0.25, 0.3) is 0 Å². The van der Waals surface area contributed by atoms with Crippen LogP contribution in [0.5, 0.6) is 11.5 Å². The second-order valence-electron chi connectivity index (χ2n) is 4.59. The monoisotopic (exact) mass is 289 g/mol. The number of ether oxygens (including phenoxy) is 2. The third-order valence-corrected chi connectivity index (χ3v) is 3.38. The van der Waals surface area contributed by atoms with Crippen molar-refractivity contribution in [2.75, 3.05) is 20.8 Å². The van der Waals surface area contributed by atoms with Gasteiger partial charge in [0, 0.05) is 5.56 Å². The van der Waals surface area contributed by atoms with E-state index in [1.165, 1.54) is 6.07 Å². The summed E-state index contributed by atoms with van der Waals surface area (Å²) in [5.41, 5.74) is 1.37. The molecule has 2 aromatic rings. The van der Waals surface area contributed by atoms with Gasteiger partial charge in [-0.05, 0) is 24.7 Å². The highest BCUT2D eigenvalue weighted by Crippen LogP contribution is 2.37. The van der Waals surface area contributed by atoms with Gasteiger partial charge in [0.05, 0.1) is 25.8 Å². The van der Waals surface area contributed by atoms with E-state index in [4.69, 9.17) is 9.47 Å². The van der Waals surface area contributed by atoms with E-state index in [1.807, 2.05) is 31.2 Å². The standard InChI is InChI=1S/C17H20FNO2/c1-4-19-17(12-8-5-6-9-13(12)18)16-14(20-2)10-7-11-15(16)21-3/h5-11,17,19H,4H2,1-3H3. The molecular formula is C17H20FNO2. The van der Waals surface area contributed by atoms with Crippen molar-refractivity contribution in [2.24, 2.45) is 0 Å². The quantitative estimate of drug-likeness (QED) is 0.882. The van der Waals surface area contributed by atoms with Crippen molar-refractivity contribution in [3.63, 3.8) is 0 Å². The van der Waals surface area contributed by atoms with Crippen LogP contribution in [-0.2, 0) is 0 Å². The fraction of sp³-hybridized carbons (Fsp3) is 0.294. The van der Waals surface area contributed by atoms with Gasteiger partial charge in [0.2, 0.25) is 0 Å². The molecule has 0 aromatic heterocycles. The van der Waals surface area contributed by atoms with Crippen LogP contribution in [0.1, 0.15) is 24.1 Å². The van der Waals surface area contributed by atoms with Crippen molar-refractivity contribution in [1.82, 2.24) is 5.32 Å². The molecule has 2 rings (SSSR count). The Kier molecular flexibility index (Phi) is 5.17. The third-order valence-electron chi connectivity index (χ3n) is 3.38. The Bertz CT molecular complexity index is 579. The Morgan fingerprint density at radius 1 is 1.00 bits per heavy atom. The molecule has 0 spiro atoms. The molecule has 0 aliphatic rings. The van der Waals surface area contributed by atoms with Crippen LogP contribution in [0, 0.1) is 5.82 Å². The van der Waals surface area contributed by atoms with Crippen molar-refractivity contribution in [3.05, 3.63) is 59.4 Å². The highest BCUT2D eigenvalue weighted by molar-refractivity contribution is 5.50. The van der Waals surface area contributed by atoms with Gasteiger partial charge < -0.3 is 14.8 Å². The maximum absolute atomic E-state index is 14.2. The van der Waals surface area contributed by atoms with E-state index >= 15 is 0 Å². The molecule has 112 valence electrons. The van der Waals surface area contributed by atoms with E-state index in [2.05, 4.69) is 5.32 Å². The first-order chi connectivity index (χ1) is 10.2. The summed E-state index contributed by atoms with van der Waals surface area (Å²) in [6.45, 7) is 2.68. The average Bonchev–Trinajstić information content (AvgIpc) is 2.52. The molecule has 0 amide bonds. The lowest BCUT2D eigenvalue weighted by atomic mass is 9.96. The lowest BCUT2D eigenvalue weighted by molar-refractivity contribution is 0.376. The third kappa shape index (κ3) is 3.16. The number of benzene rings is 2. The van der Waals surface area contributed by atoms with Crippen LogP contribution < -0.4 is 14.8 Å². The maximum Gasteiger partial charge on any atom is 0.128 e. The minimum absolute atomic E-state index is 0.253. The Hall–Kier alpha value is -2.07. The van der Waals surface area contributed by atoms with Crippen LogP contribution in [0.15, 0.2) is 42.5 Å². The van der Waals surface area contributed by atoms with Crippen LogP contribution in [0.25, 0.3) is 0 Å². The molecule has 0 aliphatic heterocycles. The van der Waals surface area contributed by atoms with Gasteiger partial charge in [0.1, 0.15) is 17.3 Å². The maximum atomic E-state index is 14.2. The Morgan fingerprint density at radius 3 is 2.14 bits per heavy atom. The average molecular weight is 289 g/mol. The fourth-order valence-electron chi connectivity index (χ4n) is 2.45. The van der Waals surface area contributed by atoms with Crippen LogP contribution >= 0.6 is 0 Å². The molecule has 21 heavy (non-hydrogen) atoms. The summed E-state index contributed by atoms with van der Waals surface area (Å²) in [4.78, 5) is 0. The molecule has 0 heterocycles.